The Kier molecular flexibility index (Phi) is 3.19. The lowest BCUT2D eigenvalue weighted by Crippen LogP contribution is -2.35. The highest BCUT2D eigenvalue weighted by atomic mass is 16.5. The van der Waals surface area contributed by atoms with Crippen molar-refractivity contribution < 1.29 is 14.3 Å². The average molecular weight is 183 g/mol. The molecule has 72 valence electrons. The fourth-order valence-corrected chi connectivity index (χ4v) is 1.26. The van der Waals surface area contributed by atoms with Gasteiger partial charge >= 0.3 is 0 Å². The summed E-state index contributed by atoms with van der Waals surface area (Å²) in [5.41, 5.74) is 0. The van der Waals surface area contributed by atoms with Crippen LogP contribution in [0.5, 0.6) is 0 Å². The molecule has 13 heavy (non-hydrogen) atoms. The van der Waals surface area contributed by atoms with Gasteiger partial charge in [-0.25, -0.2) is 0 Å². The fraction of sp³-hybridized carbons (Fsp3) is 0.556. The molecule has 4 heteroatoms. The van der Waals surface area contributed by atoms with E-state index in [1.54, 1.807) is 7.11 Å². The second kappa shape index (κ2) is 4.18. The van der Waals surface area contributed by atoms with Crippen molar-refractivity contribution in [1.82, 2.24) is 4.90 Å². The summed E-state index contributed by atoms with van der Waals surface area (Å²) < 4.78 is 4.91. The minimum absolute atomic E-state index is 0.179. The molecule has 1 heterocycles. The van der Waals surface area contributed by atoms with Gasteiger partial charge in [0.15, 0.2) is 0 Å². The van der Waals surface area contributed by atoms with Gasteiger partial charge in [-0.15, -0.1) is 0 Å². The molecular weight excluding hydrogens is 170 g/mol. The molecule has 0 aromatic carbocycles. The van der Waals surface area contributed by atoms with Crippen molar-refractivity contribution in [3.63, 3.8) is 0 Å². The maximum atomic E-state index is 11.1. The predicted octanol–water partition coefficient (Wildman–Crippen LogP) is 0.194. The molecule has 0 bridgehead atoms. The Bertz CT molecular complexity index is 229. The Balaban J connectivity index is 2.45. The van der Waals surface area contributed by atoms with Crippen LogP contribution in [0.1, 0.15) is 6.92 Å². The molecule has 0 aromatic rings. The van der Waals surface area contributed by atoms with Gasteiger partial charge < -0.3 is 4.74 Å². The van der Waals surface area contributed by atoms with Gasteiger partial charge in [-0.2, -0.15) is 0 Å². The molecule has 1 rings (SSSR count). The van der Waals surface area contributed by atoms with Crippen molar-refractivity contribution >= 4 is 11.8 Å². The lowest BCUT2D eigenvalue weighted by atomic mass is 10.2. The van der Waals surface area contributed by atoms with E-state index in [4.69, 9.17) is 4.74 Å². The van der Waals surface area contributed by atoms with Crippen LogP contribution in [0.25, 0.3) is 0 Å². The van der Waals surface area contributed by atoms with Crippen LogP contribution in [0.4, 0.5) is 0 Å². The summed E-state index contributed by atoms with van der Waals surface area (Å²) in [6.45, 7) is 2.91. The van der Waals surface area contributed by atoms with Gasteiger partial charge in [-0.3, -0.25) is 14.5 Å². The molecule has 0 fully saturated rings. The molecule has 0 N–H and O–H groups in total. The molecule has 0 radical (unpaired) electrons. The predicted molar refractivity (Wildman–Crippen MR) is 46.9 cm³/mol. The summed E-state index contributed by atoms with van der Waals surface area (Å²) in [7, 11) is 1.60. The summed E-state index contributed by atoms with van der Waals surface area (Å²) in [6, 6.07) is 0. The third kappa shape index (κ3) is 2.39. The van der Waals surface area contributed by atoms with Crippen LogP contribution in [0.3, 0.4) is 0 Å². The third-order valence-electron chi connectivity index (χ3n) is 1.85. The number of rotatable bonds is 4. The SMILES string of the molecule is COCC(C)CN1C(=O)C=CC1=O. The quantitative estimate of drug-likeness (QED) is 0.585. The first-order chi connectivity index (χ1) is 6.15. The minimum Gasteiger partial charge on any atom is -0.384 e. The number of imide groups is 1. The highest BCUT2D eigenvalue weighted by Gasteiger charge is 2.24. The summed E-state index contributed by atoms with van der Waals surface area (Å²) in [5, 5.41) is 0. The van der Waals surface area contributed by atoms with Crippen molar-refractivity contribution in [2.24, 2.45) is 5.92 Å². The standard InChI is InChI=1S/C9H13NO3/c1-7(6-13-2)5-10-8(11)3-4-9(10)12/h3-4,7H,5-6H2,1-2H3. The number of hydrogen-bond acceptors (Lipinski definition) is 3. The molecule has 2 amide bonds. The van der Waals surface area contributed by atoms with Crippen LogP contribution < -0.4 is 0 Å². The highest BCUT2D eigenvalue weighted by Crippen LogP contribution is 2.07. The molecule has 1 aliphatic heterocycles. The van der Waals surface area contributed by atoms with Gasteiger partial charge in [0.05, 0.1) is 6.61 Å². The smallest absolute Gasteiger partial charge is 0.253 e. The van der Waals surface area contributed by atoms with E-state index in [0.717, 1.165) is 0 Å². The largest absolute Gasteiger partial charge is 0.384 e. The number of methoxy groups -OCH3 is 1. The van der Waals surface area contributed by atoms with Gasteiger partial charge in [0.25, 0.3) is 11.8 Å². The molecule has 0 saturated carbocycles. The highest BCUT2D eigenvalue weighted by molar-refractivity contribution is 6.12. The van der Waals surface area contributed by atoms with Crippen molar-refractivity contribution in [3.8, 4) is 0 Å². The maximum Gasteiger partial charge on any atom is 0.253 e. The van der Waals surface area contributed by atoms with Crippen LogP contribution >= 0.6 is 0 Å². The number of amides is 2. The van der Waals surface area contributed by atoms with Gasteiger partial charge in [0.1, 0.15) is 0 Å². The van der Waals surface area contributed by atoms with E-state index < -0.39 is 0 Å². The monoisotopic (exact) mass is 183 g/mol. The number of ether oxygens (including phenoxy) is 1. The molecule has 1 atom stereocenters. The van der Waals surface area contributed by atoms with Gasteiger partial charge in [-0.05, 0) is 5.92 Å². The zero-order chi connectivity index (χ0) is 9.84. The van der Waals surface area contributed by atoms with E-state index in [9.17, 15) is 9.59 Å². The lowest BCUT2D eigenvalue weighted by molar-refractivity contribution is -0.137. The molecular formula is C9H13NO3. The summed E-state index contributed by atoms with van der Waals surface area (Å²) >= 11 is 0. The summed E-state index contributed by atoms with van der Waals surface area (Å²) in [4.78, 5) is 23.4. The van der Waals surface area contributed by atoms with E-state index in [1.165, 1.54) is 17.1 Å². The van der Waals surface area contributed by atoms with Crippen molar-refractivity contribution in [2.45, 2.75) is 6.92 Å². The molecule has 0 spiro atoms. The Hall–Kier alpha value is -1.16. The lowest BCUT2D eigenvalue weighted by Gasteiger charge is -2.18. The van der Waals surface area contributed by atoms with Crippen LogP contribution in [-0.2, 0) is 14.3 Å². The summed E-state index contributed by atoms with van der Waals surface area (Å²) in [5.74, 6) is -0.279. The number of carbonyl (C=O) groups excluding carboxylic acids is 2. The number of nitrogens with zero attached hydrogens (tertiary/aromatic N) is 1. The fourth-order valence-electron chi connectivity index (χ4n) is 1.26. The van der Waals surface area contributed by atoms with Crippen molar-refractivity contribution in [3.05, 3.63) is 12.2 Å². The van der Waals surface area contributed by atoms with Gasteiger partial charge in [0, 0.05) is 25.8 Å². The average Bonchev–Trinajstić information content (AvgIpc) is 2.36. The normalized spacial score (nSPS) is 18.5. The van der Waals surface area contributed by atoms with E-state index >= 15 is 0 Å². The van der Waals surface area contributed by atoms with E-state index in [2.05, 4.69) is 0 Å². The number of carbonyl (C=O) groups is 2. The molecule has 0 aliphatic carbocycles. The molecule has 0 saturated heterocycles. The second-order valence-electron chi connectivity index (χ2n) is 3.18. The zero-order valence-electron chi connectivity index (χ0n) is 7.82. The van der Waals surface area contributed by atoms with E-state index in [0.29, 0.717) is 13.2 Å². The van der Waals surface area contributed by atoms with Crippen LogP contribution in [0, 0.1) is 5.92 Å². The van der Waals surface area contributed by atoms with Crippen molar-refractivity contribution in [2.75, 3.05) is 20.3 Å². The van der Waals surface area contributed by atoms with E-state index in [1.807, 2.05) is 6.92 Å². The van der Waals surface area contributed by atoms with Crippen molar-refractivity contribution in [1.29, 1.82) is 0 Å². The molecule has 1 unspecified atom stereocenters. The molecule has 1 aliphatic rings. The van der Waals surface area contributed by atoms with Gasteiger partial charge in [0.2, 0.25) is 0 Å². The molecule has 0 aromatic heterocycles. The topological polar surface area (TPSA) is 46.6 Å². The first-order valence-electron chi connectivity index (χ1n) is 4.17. The van der Waals surface area contributed by atoms with Crippen LogP contribution in [-0.4, -0.2) is 37.0 Å². The van der Waals surface area contributed by atoms with E-state index in [-0.39, 0.29) is 17.7 Å². The molecule has 4 nitrogen and oxygen atoms in total. The van der Waals surface area contributed by atoms with Gasteiger partial charge in [-0.1, -0.05) is 6.92 Å². The minimum atomic E-state index is -0.229. The third-order valence-corrected chi connectivity index (χ3v) is 1.85. The zero-order valence-corrected chi connectivity index (χ0v) is 7.82. The maximum absolute atomic E-state index is 11.1. The Morgan fingerprint density at radius 1 is 1.38 bits per heavy atom. The Morgan fingerprint density at radius 2 is 1.92 bits per heavy atom. The first-order valence-corrected chi connectivity index (χ1v) is 4.17. The Morgan fingerprint density at radius 3 is 2.38 bits per heavy atom. The number of hydrogen-bond donors (Lipinski definition) is 0. The Labute approximate surface area is 77.2 Å². The second-order valence-corrected chi connectivity index (χ2v) is 3.18. The van der Waals surface area contributed by atoms with Crippen LogP contribution in [0.15, 0.2) is 12.2 Å². The summed E-state index contributed by atoms with van der Waals surface area (Å²) in [6.07, 6.45) is 2.59. The first kappa shape index (κ1) is 9.92. The van der Waals surface area contributed by atoms with Crippen LogP contribution in [0.2, 0.25) is 0 Å².